The Kier molecular flexibility index (Phi) is 3.69. The van der Waals surface area contributed by atoms with Crippen LogP contribution in [0.4, 0.5) is 8.78 Å². The van der Waals surface area contributed by atoms with Crippen LogP contribution in [0.15, 0.2) is 12.1 Å². The molecule has 18 heavy (non-hydrogen) atoms. The fraction of sp³-hybridized carbons (Fsp3) is 0.333. The van der Waals surface area contributed by atoms with Gasteiger partial charge in [-0.2, -0.15) is 0 Å². The third-order valence-electron chi connectivity index (χ3n) is 2.63. The summed E-state index contributed by atoms with van der Waals surface area (Å²) in [7, 11) is 0. The van der Waals surface area contributed by atoms with E-state index in [1.807, 2.05) is 0 Å². The van der Waals surface area contributed by atoms with Crippen molar-refractivity contribution in [2.45, 2.75) is 25.7 Å². The van der Waals surface area contributed by atoms with Crippen molar-refractivity contribution in [2.24, 2.45) is 0 Å². The van der Waals surface area contributed by atoms with Gasteiger partial charge in [0, 0.05) is 5.41 Å². The quantitative estimate of drug-likeness (QED) is 0.869. The van der Waals surface area contributed by atoms with E-state index in [1.165, 1.54) is 13.8 Å². The molecular formula is C12H12F2O4. The highest BCUT2D eigenvalue weighted by Crippen LogP contribution is 2.29. The Bertz CT molecular complexity index is 509. The number of benzene rings is 1. The minimum absolute atomic E-state index is 0.126. The van der Waals surface area contributed by atoms with Gasteiger partial charge < -0.3 is 10.2 Å². The molecule has 1 aromatic carbocycles. The summed E-state index contributed by atoms with van der Waals surface area (Å²) in [6.07, 6.45) is -0.322. The zero-order valence-corrected chi connectivity index (χ0v) is 9.83. The summed E-state index contributed by atoms with van der Waals surface area (Å²) in [5, 5.41) is 17.5. The lowest BCUT2D eigenvalue weighted by atomic mass is 9.81. The number of carbonyl (C=O) groups is 2. The van der Waals surface area contributed by atoms with Gasteiger partial charge in [-0.3, -0.25) is 4.79 Å². The predicted molar refractivity (Wildman–Crippen MR) is 58.6 cm³/mol. The Hall–Kier alpha value is -1.98. The summed E-state index contributed by atoms with van der Waals surface area (Å²) in [6, 6.07) is 1.79. The number of carboxylic acids is 2. The number of hydrogen-bond acceptors (Lipinski definition) is 2. The standard InChI is InChI=1S/C12H12F2O4/c1-12(2,5-9(15)16)6-3-7(11(17)18)10(14)8(13)4-6/h3-4H,5H2,1-2H3,(H,15,16)(H,17,18). The smallest absolute Gasteiger partial charge is 0.338 e. The molecule has 0 unspecified atom stereocenters. The molecule has 0 fully saturated rings. The van der Waals surface area contributed by atoms with Gasteiger partial charge in [0.1, 0.15) is 0 Å². The molecule has 0 aliphatic rings. The first-order valence-electron chi connectivity index (χ1n) is 5.10. The van der Waals surface area contributed by atoms with Crippen LogP contribution in [0.3, 0.4) is 0 Å². The molecule has 0 aromatic heterocycles. The summed E-state index contributed by atoms with van der Waals surface area (Å²) in [5.41, 5.74) is -1.67. The Morgan fingerprint density at radius 1 is 1.22 bits per heavy atom. The van der Waals surface area contributed by atoms with Crippen LogP contribution in [0.2, 0.25) is 0 Å². The van der Waals surface area contributed by atoms with Crippen LogP contribution in [-0.4, -0.2) is 22.2 Å². The topological polar surface area (TPSA) is 74.6 Å². The molecular weight excluding hydrogens is 246 g/mol. The summed E-state index contributed by atoms with van der Waals surface area (Å²) in [5.74, 6) is -5.46. The molecule has 0 bridgehead atoms. The summed E-state index contributed by atoms with van der Waals surface area (Å²) in [6.45, 7) is 3.03. The van der Waals surface area contributed by atoms with Crippen LogP contribution in [0.5, 0.6) is 0 Å². The molecule has 2 N–H and O–H groups in total. The van der Waals surface area contributed by atoms with Crippen molar-refractivity contribution in [1.29, 1.82) is 0 Å². The third kappa shape index (κ3) is 2.82. The van der Waals surface area contributed by atoms with E-state index in [1.54, 1.807) is 0 Å². The van der Waals surface area contributed by atoms with Crippen LogP contribution in [0.1, 0.15) is 36.2 Å². The molecule has 0 amide bonds. The first-order valence-corrected chi connectivity index (χ1v) is 5.10. The van der Waals surface area contributed by atoms with E-state index in [0.29, 0.717) is 0 Å². The average molecular weight is 258 g/mol. The van der Waals surface area contributed by atoms with Gasteiger partial charge in [-0.25, -0.2) is 13.6 Å². The summed E-state index contributed by atoms with van der Waals surface area (Å²) >= 11 is 0. The second-order valence-electron chi connectivity index (χ2n) is 4.58. The van der Waals surface area contributed by atoms with E-state index in [-0.39, 0.29) is 12.0 Å². The van der Waals surface area contributed by atoms with Gasteiger partial charge in [0.25, 0.3) is 0 Å². The number of halogens is 2. The molecule has 0 saturated carbocycles. The second-order valence-corrected chi connectivity index (χ2v) is 4.58. The van der Waals surface area contributed by atoms with E-state index in [9.17, 15) is 18.4 Å². The van der Waals surface area contributed by atoms with Crippen molar-refractivity contribution in [3.05, 3.63) is 34.9 Å². The van der Waals surface area contributed by atoms with Gasteiger partial charge in [-0.1, -0.05) is 13.8 Å². The molecule has 1 aromatic rings. The minimum atomic E-state index is -1.60. The summed E-state index contributed by atoms with van der Waals surface area (Å²) in [4.78, 5) is 21.4. The fourth-order valence-corrected chi connectivity index (χ4v) is 1.62. The molecule has 98 valence electrons. The molecule has 4 nitrogen and oxygen atoms in total. The number of aromatic carboxylic acids is 1. The lowest BCUT2D eigenvalue weighted by Gasteiger charge is -2.23. The third-order valence-corrected chi connectivity index (χ3v) is 2.63. The maximum absolute atomic E-state index is 13.3. The van der Waals surface area contributed by atoms with Crippen LogP contribution in [-0.2, 0) is 10.2 Å². The Balaban J connectivity index is 3.34. The van der Waals surface area contributed by atoms with Crippen molar-refractivity contribution in [3.8, 4) is 0 Å². The number of aliphatic carboxylic acids is 1. The minimum Gasteiger partial charge on any atom is -0.481 e. The van der Waals surface area contributed by atoms with E-state index in [0.717, 1.165) is 12.1 Å². The zero-order valence-electron chi connectivity index (χ0n) is 9.83. The van der Waals surface area contributed by atoms with Crippen molar-refractivity contribution in [2.75, 3.05) is 0 Å². The fourth-order valence-electron chi connectivity index (χ4n) is 1.62. The zero-order chi connectivity index (χ0) is 14.1. The largest absolute Gasteiger partial charge is 0.481 e. The first-order chi connectivity index (χ1) is 8.15. The van der Waals surface area contributed by atoms with Gasteiger partial charge in [0.2, 0.25) is 0 Å². The maximum Gasteiger partial charge on any atom is 0.338 e. The molecule has 0 spiro atoms. The molecule has 0 aliphatic heterocycles. The normalized spacial score (nSPS) is 11.3. The van der Waals surface area contributed by atoms with Crippen molar-refractivity contribution in [1.82, 2.24) is 0 Å². The van der Waals surface area contributed by atoms with E-state index in [4.69, 9.17) is 10.2 Å². The van der Waals surface area contributed by atoms with E-state index >= 15 is 0 Å². The number of rotatable bonds is 4. The maximum atomic E-state index is 13.3. The van der Waals surface area contributed by atoms with E-state index in [2.05, 4.69) is 0 Å². The van der Waals surface area contributed by atoms with Gasteiger partial charge in [0.15, 0.2) is 11.6 Å². The van der Waals surface area contributed by atoms with Gasteiger partial charge in [-0.05, 0) is 17.7 Å². The lowest BCUT2D eigenvalue weighted by molar-refractivity contribution is -0.138. The average Bonchev–Trinajstić information content (AvgIpc) is 2.19. The molecule has 0 saturated heterocycles. The van der Waals surface area contributed by atoms with Crippen LogP contribution in [0, 0.1) is 11.6 Å². The summed E-state index contributed by atoms with van der Waals surface area (Å²) < 4.78 is 26.5. The van der Waals surface area contributed by atoms with Gasteiger partial charge in [-0.15, -0.1) is 0 Å². The Labute approximate surface area is 102 Å². The lowest BCUT2D eigenvalue weighted by Crippen LogP contribution is -2.23. The highest BCUT2D eigenvalue weighted by atomic mass is 19.2. The SMILES string of the molecule is CC(C)(CC(=O)O)c1cc(F)c(F)c(C(=O)O)c1. The van der Waals surface area contributed by atoms with Gasteiger partial charge in [0.05, 0.1) is 12.0 Å². The molecule has 0 heterocycles. The molecule has 6 heteroatoms. The molecule has 0 aliphatic carbocycles. The van der Waals surface area contributed by atoms with Crippen molar-refractivity contribution in [3.63, 3.8) is 0 Å². The van der Waals surface area contributed by atoms with E-state index < -0.39 is 34.6 Å². The predicted octanol–water partition coefficient (Wildman–Crippen LogP) is 2.42. The molecule has 1 rings (SSSR count). The number of carboxylic acid groups (broad SMARTS) is 2. The monoisotopic (exact) mass is 258 g/mol. The molecule has 0 atom stereocenters. The highest BCUT2D eigenvalue weighted by Gasteiger charge is 2.27. The first kappa shape index (κ1) is 14.1. The van der Waals surface area contributed by atoms with Crippen LogP contribution >= 0.6 is 0 Å². The molecule has 0 radical (unpaired) electrons. The highest BCUT2D eigenvalue weighted by molar-refractivity contribution is 5.88. The van der Waals surface area contributed by atoms with Gasteiger partial charge >= 0.3 is 11.9 Å². The Morgan fingerprint density at radius 2 is 1.78 bits per heavy atom. The van der Waals surface area contributed by atoms with Crippen molar-refractivity contribution < 1.29 is 28.6 Å². The van der Waals surface area contributed by atoms with Crippen molar-refractivity contribution >= 4 is 11.9 Å². The van der Waals surface area contributed by atoms with Crippen LogP contribution < -0.4 is 0 Å². The second kappa shape index (κ2) is 4.72. The van der Waals surface area contributed by atoms with Crippen LogP contribution in [0.25, 0.3) is 0 Å². The number of hydrogen-bond donors (Lipinski definition) is 2. The Morgan fingerprint density at radius 3 is 2.22 bits per heavy atom.